The lowest BCUT2D eigenvalue weighted by Crippen LogP contribution is -2.26. The van der Waals surface area contributed by atoms with Gasteiger partial charge >= 0.3 is 0 Å². The number of aromatic nitrogens is 1. The Morgan fingerprint density at radius 2 is 2.05 bits per heavy atom. The first-order valence-electron chi connectivity index (χ1n) is 5.82. The minimum Gasteiger partial charge on any atom is -0.262 e. The predicted octanol–water partition coefficient (Wildman–Crippen LogP) is 2.50. The molecule has 0 atom stereocenters. The molecule has 1 N–H and O–H groups in total. The average Bonchev–Trinajstić information content (AvgIpc) is 2.38. The average molecular weight is 359 g/mol. The van der Waals surface area contributed by atoms with Gasteiger partial charge < -0.3 is 0 Å². The summed E-state index contributed by atoms with van der Waals surface area (Å²) in [6.07, 6.45) is 3.19. The second-order valence-electron chi connectivity index (χ2n) is 4.12. The summed E-state index contributed by atoms with van der Waals surface area (Å²) >= 11 is 3.17. The first-order chi connectivity index (χ1) is 9.47. The van der Waals surface area contributed by atoms with Crippen molar-refractivity contribution in [2.45, 2.75) is 11.3 Å². The highest BCUT2D eigenvalue weighted by atomic mass is 79.9. The molecule has 20 heavy (non-hydrogen) atoms. The quantitative estimate of drug-likeness (QED) is 0.893. The molecule has 106 valence electrons. The van der Waals surface area contributed by atoms with E-state index in [1.807, 2.05) is 0 Å². The van der Waals surface area contributed by atoms with Crippen LogP contribution < -0.4 is 4.72 Å². The lowest BCUT2D eigenvalue weighted by Gasteiger charge is -2.07. The maximum Gasteiger partial charge on any atom is 0.242 e. The Balaban J connectivity index is 2.00. The van der Waals surface area contributed by atoms with Crippen LogP contribution in [0.15, 0.2) is 52.1 Å². The predicted molar refractivity (Wildman–Crippen MR) is 77.2 cm³/mol. The minimum atomic E-state index is -3.60. The number of benzene rings is 1. The van der Waals surface area contributed by atoms with Crippen molar-refractivity contribution in [3.05, 3.63) is 58.6 Å². The van der Waals surface area contributed by atoms with Crippen LogP contribution in [0, 0.1) is 5.82 Å². The molecule has 0 aliphatic heterocycles. The molecule has 0 fully saturated rings. The van der Waals surface area contributed by atoms with Crippen molar-refractivity contribution >= 4 is 26.0 Å². The summed E-state index contributed by atoms with van der Waals surface area (Å²) in [5, 5.41) is 0. The number of nitrogens with one attached hydrogen (secondary N) is 1. The number of nitrogens with zero attached hydrogens (tertiary/aromatic N) is 1. The van der Waals surface area contributed by atoms with Crippen molar-refractivity contribution in [3.63, 3.8) is 0 Å². The Hall–Kier alpha value is -1.31. The highest BCUT2D eigenvalue weighted by Gasteiger charge is 2.14. The molecular formula is C13H12BrFN2O2S. The van der Waals surface area contributed by atoms with Gasteiger partial charge in [-0.1, -0.05) is 12.1 Å². The lowest BCUT2D eigenvalue weighted by atomic mass is 10.1. The van der Waals surface area contributed by atoms with Gasteiger partial charge in [-0.25, -0.2) is 17.5 Å². The number of rotatable bonds is 5. The van der Waals surface area contributed by atoms with Crippen LogP contribution in [0.5, 0.6) is 0 Å². The van der Waals surface area contributed by atoms with E-state index in [-0.39, 0.29) is 17.3 Å². The van der Waals surface area contributed by atoms with Crippen LogP contribution in [0.3, 0.4) is 0 Å². The van der Waals surface area contributed by atoms with Crippen LogP contribution in [0.1, 0.15) is 5.56 Å². The van der Waals surface area contributed by atoms with Crippen molar-refractivity contribution < 1.29 is 12.8 Å². The van der Waals surface area contributed by atoms with Gasteiger partial charge in [-0.15, -0.1) is 0 Å². The van der Waals surface area contributed by atoms with E-state index in [1.165, 1.54) is 30.6 Å². The number of pyridine rings is 1. The van der Waals surface area contributed by atoms with Gasteiger partial charge in [0.2, 0.25) is 10.0 Å². The minimum absolute atomic E-state index is 0.0890. The van der Waals surface area contributed by atoms with Crippen molar-refractivity contribution in [3.8, 4) is 0 Å². The molecule has 0 aliphatic carbocycles. The first kappa shape index (κ1) is 15.1. The van der Waals surface area contributed by atoms with Gasteiger partial charge in [-0.2, -0.15) is 0 Å². The third kappa shape index (κ3) is 4.09. The fraction of sp³-hybridized carbons (Fsp3) is 0.154. The molecule has 0 unspecified atom stereocenters. The second-order valence-corrected chi connectivity index (χ2v) is 6.80. The Morgan fingerprint density at radius 1 is 1.25 bits per heavy atom. The molecule has 4 nitrogen and oxygen atoms in total. The summed E-state index contributed by atoms with van der Waals surface area (Å²) in [6.45, 7) is 0.193. The summed E-state index contributed by atoms with van der Waals surface area (Å²) in [7, 11) is -3.60. The molecule has 0 saturated carbocycles. The van der Waals surface area contributed by atoms with Gasteiger partial charge in [0.25, 0.3) is 0 Å². The van der Waals surface area contributed by atoms with Gasteiger partial charge in [-0.05, 0) is 46.1 Å². The van der Waals surface area contributed by atoms with Crippen molar-refractivity contribution in [2.24, 2.45) is 0 Å². The van der Waals surface area contributed by atoms with Gasteiger partial charge in [0.05, 0.1) is 0 Å². The number of hydrogen-bond acceptors (Lipinski definition) is 3. The molecule has 1 aromatic heterocycles. The molecule has 0 radical (unpaired) electrons. The van der Waals surface area contributed by atoms with Crippen LogP contribution in [0.25, 0.3) is 0 Å². The fourth-order valence-electron chi connectivity index (χ4n) is 1.64. The molecule has 0 amide bonds. The van der Waals surface area contributed by atoms with E-state index in [0.717, 1.165) is 5.56 Å². The van der Waals surface area contributed by atoms with E-state index >= 15 is 0 Å². The Labute approximate surface area is 125 Å². The highest BCUT2D eigenvalue weighted by Crippen LogP contribution is 2.14. The van der Waals surface area contributed by atoms with Crippen molar-refractivity contribution in [2.75, 3.05) is 6.54 Å². The van der Waals surface area contributed by atoms with Crippen LogP contribution in [0.4, 0.5) is 4.39 Å². The molecule has 2 aromatic rings. The Bertz CT molecular complexity index is 707. The number of halogens is 2. The summed E-state index contributed by atoms with van der Waals surface area (Å²) in [4.78, 5) is 3.90. The summed E-state index contributed by atoms with van der Waals surface area (Å²) in [6, 6.07) is 7.54. The monoisotopic (exact) mass is 358 g/mol. The van der Waals surface area contributed by atoms with E-state index in [2.05, 4.69) is 25.6 Å². The van der Waals surface area contributed by atoms with E-state index in [4.69, 9.17) is 0 Å². The molecule has 2 rings (SSSR count). The molecule has 0 bridgehead atoms. The fourth-order valence-corrected chi connectivity index (χ4v) is 3.18. The van der Waals surface area contributed by atoms with Crippen LogP contribution >= 0.6 is 15.9 Å². The van der Waals surface area contributed by atoms with E-state index in [1.54, 1.807) is 12.1 Å². The molecule has 0 aliphatic rings. The third-order valence-corrected chi connectivity index (χ3v) is 4.45. The number of hydrogen-bond donors (Lipinski definition) is 1. The van der Waals surface area contributed by atoms with Gasteiger partial charge in [0, 0.05) is 23.4 Å². The zero-order chi connectivity index (χ0) is 14.6. The van der Waals surface area contributed by atoms with Gasteiger partial charge in [0.1, 0.15) is 10.7 Å². The van der Waals surface area contributed by atoms with E-state index in [9.17, 15) is 12.8 Å². The smallest absolute Gasteiger partial charge is 0.242 e. The Morgan fingerprint density at radius 3 is 2.75 bits per heavy atom. The van der Waals surface area contributed by atoms with E-state index in [0.29, 0.717) is 10.9 Å². The van der Waals surface area contributed by atoms with Gasteiger partial charge in [-0.3, -0.25) is 4.98 Å². The van der Waals surface area contributed by atoms with Crippen molar-refractivity contribution in [1.29, 1.82) is 0 Å². The van der Waals surface area contributed by atoms with Crippen LogP contribution in [-0.2, 0) is 16.4 Å². The standard InChI is InChI=1S/C13H12BrFN2O2S/c14-11-7-13(9-16-8-11)20(18,19)17-5-4-10-2-1-3-12(15)6-10/h1-3,6-9,17H,4-5H2. The first-order valence-corrected chi connectivity index (χ1v) is 8.10. The Kier molecular flexibility index (Phi) is 4.85. The summed E-state index contributed by atoms with van der Waals surface area (Å²) in [5.74, 6) is -0.332. The third-order valence-electron chi connectivity index (χ3n) is 2.58. The molecule has 1 heterocycles. The summed E-state index contributed by atoms with van der Waals surface area (Å²) < 4.78 is 40.0. The highest BCUT2D eigenvalue weighted by molar-refractivity contribution is 9.10. The normalized spacial score (nSPS) is 11.5. The maximum atomic E-state index is 13.0. The molecule has 0 spiro atoms. The molecular weight excluding hydrogens is 347 g/mol. The second kappa shape index (κ2) is 6.43. The van der Waals surface area contributed by atoms with Crippen molar-refractivity contribution in [1.82, 2.24) is 9.71 Å². The molecule has 1 aromatic carbocycles. The maximum absolute atomic E-state index is 13.0. The zero-order valence-corrected chi connectivity index (χ0v) is 12.8. The van der Waals surface area contributed by atoms with Crippen LogP contribution in [-0.4, -0.2) is 19.9 Å². The van der Waals surface area contributed by atoms with Gasteiger partial charge in [0.15, 0.2) is 0 Å². The molecule has 0 saturated heterocycles. The SMILES string of the molecule is O=S(=O)(NCCc1cccc(F)c1)c1cncc(Br)c1. The largest absolute Gasteiger partial charge is 0.262 e. The van der Waals surface area contributed by atoms with Crippen LogP contribution in [0.2, 0.25) is 0 Å². The topological polar surface area (TPSA) is 59.1 Å². The molecule has 7 heteroatoms. The zero-order valence-electron chi connectivity index (χ0n) is 10.4. The number of sulfonamides is 1. The summed E-state index contributed by atoms with van der Waals surface area (Å²) in [5.41, 5.74) is 0.736. The lowest BCUT2D eigenvalue weighted by molar-refractivity contribution is 0.581. The van der Waals surface area contributed by atoms with E-state index < -0.39 is 10.0 Å².